The molecule has 1 aliphatic heterocycles. The summed E-state index contributed by atoms with van der Waals surface area (Å²) in [4.78, 5) is 6.99. The van der Waals surface area contributed by atoms with E-state index in [9.17, 15) is 0 Å². The molecule has 1 fully saturated rings. The van der Waals surface area contributed by atoms with Crippen LogP contribution in [0, 0.1) is 0 Å². The molecule has 4 rings (SSSR count). The molecule has 0 unspecified atom stereocenters. The summed E-state index contributed by atoms with van der Waals surface area (Å²) in [5.74, 6) is 1.14. The number of hydrogen-bond acceptors (Lipinski definition) is 4. The first-order valence-electron chi connectivity index (χ1n) is 8.22. The van der Waals surface area contributed by atoms with E-state index in [-0.39, 0.29) is 0 Å². The van der Waals surface area contributed by atoms with Gasteiger partial charge in [0.05, 0.1) is 11.7 Å². The highest BCUT2D eigenvalue weighted by atomic mass is 15.2. The van der Waals surface area contributed by atoms with Crippen molar-refractivity contribution in [1.29, 1.82) is 0 Å². The number of benzene rings is 1. The maximum Gasteiger partial charge on any atom is 0.133 e. The third-order valence-electron chi connectivity index (χ3n) is 4.42. The molecule has 2 aromatic heterocycles. The summed E-state index contributed by atoms with van der Waals surface area (Å²) in [5.41, 5.74) is 3.62. The van der Waals surface area contributed by atoms with Crippen molar-refractivity contribution < 1.29 is 0 Å². The fourth-order valence-corrected chi connectivity index (χ4v) is 3.22. The first-order valence-corrected chi connectivity index (χ1v) is 8.22. The monoisotopic (exact) mass is 307 g/mol. The second-order valence-corrected chi connectivity index (χ2v) is 6.08. The van der Waals surface area contributed by atoms with Crippen LogP contribution < -0.4 is 10.2 Å². The Morgan fingerprint density at radius 3 is 2.96 bits per heavy atom. The number of aromatic nitrogens is 3. The van der Waals surface area contributed by atoms with Gasteiger partial charge in [-0.25, -0.2) is 4.98 Å². The molecule has 1 aromatic carbocycles. The van der Waals surface area contributed by atoms with Crippen LogP contribution in [0.3, 0.4) is 0 Å². The van der Waals surface area contributed by atoms with E-state index >= 15 is 0 Å². The minimum Gasteiger partial charge on any atom is -0.356 e. The Morgan fingerprint density at radius 2 is 2.04 bits per heavy atom. The van der Waals surface area contributed by atoms with E-state index in [0.29, 0.717) is 0 Å². The number of pyridine rings is 1. The molecule has 1 saturated heterocycles. The first kappa shape index (κ1) is 14.2. The zero-order valence-electron chi connectivity index (χ0n) is 13.1. The van der Waals surface area contributed by atoms with Crippen LogP contribution in [0.25, 0.3) is 10.9 Å². The highest BCUT2D eigenvalue weighted by Crippen LogP contribution is 2.22. The Labute approximate surface area is 135 Å². The molecule has 5 nitrogen and oxygen atoms in total. The Hall–Kier alpha value is -2.40. The van der Waals surface area contributed by atoms with Gasteiger partial charge in [0.2, 0.25) is 0 Å². The van der Waals surface area contributed by atoms with Gasteiger partial charge in [0, 0.05) is 43.3 Å². The number of hydrogen-bond donors (Lipinski definition) is 2. The van der Waals surface area contributed by atoms with Gasteiger partial charge < -0.3 is 10.2 Å². The fourth-order valence-electron chi connectivity index (χ4n) is 3.22. The van der Waals surface area contributed by atoms with Gasteiger partial charge >= 0.3 is 0 Å². The first-order chi connectivity index (χ1) is 11.4. The maximum absolute atomic E-state index is 4.59. The third-order valence-corrected chi connectivity index (χ3v) is 4.42. The average Bonchev–Trinajstić information content (AvgIpc) is 3.26. The number of nitrogens with zero attached hydrogens (tertiary/aromatic N) is 3. The molecule has 0 aliphatic carbocycles. The van der Waals surface area contributed by atoms with Crippen LogP contribution in [0.4, 0.5) is 5.82 Å². The quantitative estimate of drug-likeness (QED) is 0.761. The van der Waals surface area contributed by atoms with Crippen LogP contribution in [-0.2, 0) is 13.1 Å². The predicted octanol–water partition coefficient (Wildman–Crippen LogP) is 2.85. The summed E-state index contributed by atoms with van der Waals surface area (Å²) in [6, 6.07) is 10.6. The smallest absolute Gasteiger partial charge is 0.133 e. The Bertz CT molecular complexity index is 789. The van der Waals surface area contributed by atoms with Crippen molar-refractivity contribution in [2.45, 2.75) is 25.9 Å². The second kappa shape index (κ2) is 6.38. The van der Waals surface area contributed by atoms with Crippen molar-refractivity contribution >= 4 is 16.7 Å². The zero-order valence-corrected chi connectivity index (χ0v) is 13.1. The molecule has 5 heteroatoms. The number of rotatable bonds is 5. The molecule has 3 heterocycles. The lowest BCUT2D eigenvalue weighted by Gasteiger charge is -2.20. The summed E-state index contributed by atoms with van der Waals surface area (Å²) in [5, 5.41) is 11.8. The van der Waals surface area contributed by atoms with Crippen molar-refractivity contribution in [3.63, 3.8) is 0 Å². The minimum absolute atomic E-state index is 0.834. The Morgan fingerprint density at radius 1 is 1.13 bits per heavy atom. The zero-order chi connectivity index (χ0) is 15.5. The summed E-state index contributed by atoms with van der Waals surface area (Å²) in [7, 11) is 0. The van der Waals surface area contributed by atoms with Crippen LogP contribution >= 0.6 is 0 Å². The molecule has 0 amide bonds. The van der Waals surface area contributed by atoms with E-state index in [2.05, 4.69) is 49.7 Å². The lowest BCUT2D eigenvalue weighted by molar-refractivity contribution is 0.689. The van der Waals surface area contributed by atoms with Crippen molar-refractivity contribution in [3.05, 3.63) is 53.9 Å². The van der Waals surface area contributed by atoms with Crippen LogP contribution in [0.5, 0.6) is 0 Å². The van der Waals surface area contributed by atoms with Crippen LogP contribution in [-0.4, -0.2) is 28.3 Å². The number of anilines is 1. The van der Waals surface area contributed by atoms with E-state index in [0.717, 1.165) is 42.9 Å². The highest BCUT2D eigenvalue weighted by Gasteiger charge is 2.16. The van der Waals surface area contributed by atoms with Gasteiger partial charge in [0.1, 0.15) is 5.82 Å². The molecule has 0 atom stereocenters. The van der Waals surface area contributed by atoms with Crippen molar-refractivity contribution in [1.82, 2.24) is 20.5 Å². The van der Waals surface area contributed by atoms with Gasteiger partial charge in [0.15, 0.2) is 0 Å². The summed E-state index contributed by atoms with van der Waals surface area (Å²) < 4.78 is 0. The second-order valence-electron chi connectivity index (χ2n) is 6.08. The van der Waals surface area contributed by atoms with Gasteiger partial charge in [-0.2, -0.15) is 5.10 Å². The van der Waals surface area contributed by atoms with Crippen LogP contribution in [0.2, 0.25) is 0 Å². The maximum atomic E-state index is 4.59. The summed E-state index contributed by atoms with van der Waals surface area (Å²) in [6.45, 7) is 3.92. The van der Waals surface area contributed by atoms with Crippen molar-refractivity contribution in [2.75, 3.05) is 18.0 Å². The summed E-state index contributed by atoms with van der Waals surface area (Å²) >= 11 is 0. The molecule has 0 saturated carbocycles. The molecule has 0 spiro atoms. The van der Waals surface area contributed by atoms with Gasteiger partial charge in [-0.3, -0.25) is 5.10 Å². The van der Waals surface area contributed by atoms with E-state index in [1.165, 1.54) is 24.0 Å². The van der Waals surface area contributed by atoms with Gasteiger partial charge in [-0.1, -0.05) is 18.2 Å². The van der Waals surface area contributed by atoms with Crippen LogP contribution in [0.1, 0.15) is 24.0 Å². The van der Waals surface area contributed by atoms with Crippen molar-refractivity contribution in [2.24, 2.45) is 0 Å². The number of nitrogens with one attached hydrogen (secondary N) is 2. The van der Waals surface area contributed by atoms with E-state index in [1.807, 2.05) is 18.5 Å². The van der Waals surface area contributed by atoms with Gasteiger partial charge in [0.25, 0.3) is 0 Å². The van der Waals surface area contributed by atoms with E-state index < -0.39 is 0 Å². The van der Waals surface area contributed by atoms with E-state index in [4.69, 9.17) is 0 Å². The Kier molecular flexibility index (Phi) is 3.94. The molecule has 1 aliphatic rings. The molecule has 2 N–H and O–H groups in total. The van der Waals surface area contributed by atoms with Gasteiger partial charge in [-0.15, -0.1) is 0 Å². The SMILES string of the molecule is c1cnc(N2CCCC2)c(CNCc2ccc3cn[nH]c3c2)c1. The largest absolute Gasteiger partial charge is 0.356 e. The lowest BCUT2D eigenvalue weighted by atomic mass is 10.1. The molecule has 23 heavy (non-hydrogen) atoms. The third kappa shape index (κ3) is 3.05. The van der Waals surface area contributed by atoms with E-state index in [1.54, 1.807) is 0 Å². The molecule has 0 bridgehead atoms. The average molecular weight is 307 g/mol. The lowest BCUT2D eigenvalue weighted by Crippen LogP contribution is -2.22. The minimum atomic E-state index is 0.834. The molecule has 3 aromatic rings. The molecule has 0 radical (unpaired) electrons. The van der Waals surface area contributed by atoms with Crippen molar-refractivity contribution in [3.8, 4) is 0 Å². The Balaban J connectivity index is 1.42. The van der Waals surface area contributed by atoms with Gasteiger partial charge in [-0.05, 0) is 30.5 Å². The molecular formula is C18H21N5. The highest BCUT2D eigenvalue weighted by molar-refractivity contribution is 5.78. The number of H-pyrrole nitrogens is 1. The van der Waals surface area contributed by atoms with Crippen LogP contribution in [0.15, 0.2) is 42.7 Å². The number of fused-ring (bicyclic) bond motifs is 1. The fraction of sp³-hybridized carbons (Fsp3) is 0.333. The molecular weight excluding hydrogens is 286 g/mol. The normalized spacial score (nSPS) is 14.7. The topological polar surface area (TPSA) is 56.8 Å². The predicted molar refractivity (Wildman–Crippen MR) is 92.3 cm³/mol. The standard InChI is InChI=1S/C18H21N5/c1-2-9-23(8-1)18-16(4-3-7-20-18)12-19-11-14-5-6-15-13-21-22-17(15)10-14/h3-7,10,13,19H,1-2,8-9,11-12H2,(H,21,22). The molecule has 118 valence electrons. The summed E-state index contributed by atoms with van der Waals surface area (Å²) in [6.07, 6.45) is 6.29. The number of aromatic amines is 1.